The van der Waals surface area contributed by atoms with E-state index in [4.69, 9.17) is 9.47 Å². The molecule has 0 N–H and O–H groups in total. The summed E-state index contributed by atoms with van der Waals surface area (Å²) in [5.41, 5.74) is -4.41. The van der Waals surface area contributed by atoms with Crippen LogP contribution in [0.5, 0.6) is 0 Å². The van der Waals surface area contributed by atoms with Crippen molar-refractivity contribution in [2.75, 3.05) is 33.8 Å². The van der Waals surface area contributed by atoms with E-state index in [-0.39, 0.29) is 11.6 Å². The van der Waals surface area contributed by atoms with Crippen molar-refractivity contribution >= 4 is 23.3 Å². The first-order valence-corrected chi connectivity index (χ1v) is 12.3. The number of hydrogen-bond acceptors (Lipinski definition) is 5. The fraction of sp³-hybridized carbons (Fsp3) is 0.632. The molecule has 2 aliphatic rings. The van der Waals surface area contributed by atoms with Gasteiger partial charge in [0.2, 0.25) is 0 Å². The Kier molecular flexibility index (Phi) is 6.92. The number of carbonyl (C=O) groups is 1. The number of ether oxygens (including phenoxy) is 2. The fourth-order valence-corrected chi connectivity index (χ4v) is 6.25. The molecule has 1 aromatic carbocycles. The molecule has 3 rings (SSSR count). The van der Waals surface area contributed by atoms with Crippen LogP contribution in [0.25, 0.3) is 0 Å². The molecule has 2 saturated heterocycles. The summed E-state index contributed by atoms with van der Waals surface area (Å²) in [6.07, 6.45) is -2.18. The number of rotatable bonds is 6. The van der Waals surface area contributed by atoms with Gasteiger partial charge in [-0.3, -0.25) is 9.57 Å². The first-order valence-electron chi connectivity index (χ1n) is 9.52. The second-order valence-corrected chi connectivity index (χ2v) is 9.32. The summed E-state index contributed by atoms with van der Waals surface area (Å²) < 4.78 is 55.6. The summed E-state index contributed by atoms with van der Waals surface area (Å²) in [5, 5.41) is 0. The molecule has 5 nitrogen and oxygen atoms in total. The molecule has 0 spiro atoms. The van der Waals surface area contributed by atoms with Gasteiger partial charge in [-0.05, 0) is 28.3 Å². The molecule has 0 radical (unpaired) electrons. The van der Waals surface area contributed by atoms with Crippen molar-refractivity contribution in [1.82, 2.24) is 9.57 Å². The molecule has 162 valence electrons. The maximum Gasteiger partial charge on any atom is 0.432 e. The zero-order chi connectivity index (χ0) is 21.3. The van der Waals surface area contributed by atoms with E-state index in [2.05, 4.69) is 13.6 Å². The maximum absolute atomic E-state index is 14.2. The van der Waals surface area contributed by atoms with E-state index in [0.29, 0.717) is 21.5 Å². The Hall–Kier alpha value is -0.780. The highest BCUT2D eigenvalue weighted by molar-refractivity contribution is 8.01. The number of hydrogen-bond donors (Lipinski definition) is 0. The second kappa shape index (κ2) is 8.76. The summed E-state index contributed by atoms with van der Waals surface area (Å²) >= 11 is 0. The van der Waals surface area contributed by atoms with Crippen molar-refractivity contribution in [3.8, 4) is 0 Å². The summed E-state index contributed by atoms with van der Waals surface area (Å²) in [4.78, 5) is 15.1. The monoisotopic (exact) mass is 450 g/mol. The summed E-state index contributed by atoms with van der Waals surface area (Å²) in [6.45, 7) is 1.66. The third kappa shape index (κ3) is 4.07. The van der Waals surface area contributed by atoms with Crippen LogP contribution in [0.15, 0.2) is 30.3 Å². The van der Waals surface area contributed by atoms with Crippen molar-refractivity contribution in [2.45, 2.75) is 42.7 Å². The standard InChI is InChI=1S/C19H27F3N2O3P2/c1-23-12-17(13-23,15-10-6-7-11-24(15)29-28)27-16(25)18(26-2,19(20,21)22)14-8-4-3-5-9-14/h3-5,8-9,15,29H,6-7,10-13,28H2,1-2H3/t15-,18+/m1/s1. The molecule has 2 aliphatic heterocycles. The summed E-state index contributed by atoms with van der Waals surface area (Å²) in [7, 11) is 5.88. The Morgan fingerprint density at radius 3 is 2.41 bits per heavy atom. The molecule has 2 fully saturated rings. The number of halogens is 3. The molecule has 4 atom stereocenters. The number of carbonyl (C=O) groups excluding carboxylic acids is 1. The number of piperidine rings is 1. The van der Waals surface area contributed by atoms with E-state index < -0.39 is 23.3 Å². The lowest BCUT2D eigenvalue weighted by Gasteiger charge is -2.56. The Morgan fingerprint density at radius 1 is 1.24 bits per heavy atom. The van der Waals surface area contributed by atoms with Crippen LogP contribution in [-0.4, -0.2) is 67.2 Å². The third-order valence-electron chi connectivity index (χ3n) is 5.82. The second-order valence-electron chi connectivity index (χ2n) is 7.71. The van der Waals surface area contributed by atoms with Crippen LogP contribution in [-0.2, 0) is 19.9 Å². The zero-order valence-electron chi connectivity index (χ0n) is 16.5. The van der Waals surface area contributed by atoms with E-state index in [1.807, 2.05) is 11.9 Å². The number of benzene rings is 1. The van der Waals surface area contributed by atoms with Gasteiger partial charge in [0.15, 0.2) is 5.60 Å². The lowest BCUT2D eigenvalue weighted by Crippen LogP contribution is -2.72. The molecule has 10 heteroatoms. The molecule has 2 heterocycles. The maximum atomic E-state index is 14.2. The van der Waals surface area contributed by atoms with E-state index in [9.17, 15) is 18.0 Å². The SMILES string of the molecule is CO[C@](C(=O)OC1([C@H]2CCCCN2PP)CN(C)C1)(c1ccccc1)C(F)(F)F. The van der Waals surface area contributed by atoms with Crippen molar-refractivity contribution in [3.05, 3.63) is 35.9 Å². The van der Waals surface area contributed by atoms with Gasteiger partial charge < -0.3 is 9.47 Å². The fourth-order valence-electron chi connectivity index (χ4n) is 4.49. The first-order chi connectivity index (χ1) is 13.7. The third-order valence-corrected chi connectivity index (χ3v) is 7.68. The smallest absolute Gasteiger partial charge is 0.432 e. The largest absolute Gasteiger partial charge is 0.452 e. The summed E-state index contributed by atoms with van der Waals surface area (Å²) in [5.74, 6) is -1.40. The number of alkyl halides is 3. The van der Waals surface area contributed by atoms with Crippen LogP contribution in [0.3, 0.4) is 0 Å². The van der Waals surface area contributed by atoms with Crippen molar-refractivity contribution in [3.63, 3.8) is 0 Å². The Bertz CT molecular complexity index is 716. The van der Waals surface area contributed by atoms with Crippen LogP contribution in [0.1, 0.15) is 24.8 Å². The van der Waals surface area contributed by atoms with Gasteiger partial charge in [0.05, 0.1) is 6.04 Å². The Morgan fingerprint density at radius 2 is 1.90 bits per heavy atom. The van der Waals surface area contributed by atoms with Gasteiger partial charge in [0, 0.05) is 32.3 Å². The molecule has 2 unspecified atom stereocenters. The quantitative estimate of drug-likeness (QED) is 0.490. The number of likely N-dealkylation sites (N-methyl/N-ethyl adjacent to an activating group) is 1. The molecule has 0 aliphatic carbocycles. The topological polar surface area (TPSA) is 42.0 Å². The molecular weight excluding hydrogens is 423 g/mol. The number of nitrogens with zero attached hydrogens (tertiary/aromatic N) is 2. The van der Waals surface area contributed by atoms with Crippen molar-refractivity contribution < 1.29 is 27.4 Å². The highest BCUT2D eigenvalue weighted by atomic mass is 32.0. The van der Waals surface area contributed by atoms with Crippen LogP contribution in [0.2, 0.25) is 0 Å². The van der Waals surface area contributed by atoms with Gasteiger partial charge >= 0.3 is 12.1 Å². The molecular formula is C19H27F3N2O3P2. The number of esters is 1. The molecule has 0 amide bonds. The van der Waals surface area contributed by atoms with Crippen molar-refractivity contribution in [2.24, 2.45) is 0 Å². The minimum Gasteiger partial charge on any atom is -0.452 e. The molecule has 0 saturated carbocycles. The highest BCUT2D eigenvalue weighted by Crippen LogP contribution is 2.47. The van der Waals surface area contributed by atoms with Gasteiger partial charge in [0.1, 0.15) is 0 Å². The van der Waals surface area contributed by atoms with Crippen molar-refractivity contribution in [1.29, 1.82) is 0 Å². The van der Waals surface area contributed by atoms with Crippen LogP contribution in [0.4, 0.5) is 13.2 Å². The average molecular weight is 450 g/mol. The molecule has 0 bridgehead atoms. The first kappa shape index (κ1) is 22.9. The Balaban J connectivity index is 1.97. The van der Waals surface area contributed by atoms with Gasteiger partial charge in [0.25, 0.3) is 5.60 Å². The number of likely N-dealkylation sites (tertiary alicyclic amines) is 1. The average Bonchev–Trinajstić information content (AvgIpc) is 2.67. The highest BCUT2D eigenvalue weighted by Gasteiger charge is 2.66. The lowest BCUT2D eigenvalue weighted by atomic mass is 9.81. The Labute approximate surface area is 173 Å². The van der Waals surface area contributed by atoms with E-state index in [0.717, 1.165) is 32.9 Å². The van der Waals surface area contributed by atoms with Gasteiger partial charge in [-0.2, -0.15) is 13.2 Å². The molecule has 1 aromatic rings. The van der Waals surface area contributed by atoms with E-state index in [1.165, 1.54) is 24.3 Å². The van der Waals surface area contributed by atoms with E-state index in [1.54, 1.807) is 6.07 Å². The van der Waals surface area contributed by atoms with Crippen LogP contribution in [0, 0.1) is 0 Å². The van der Waals surface area contributed by atoms with Gasteiger partial charge in [-0.1, -0.05) is 45.7 Å². The number of methoxy groups -OCH3 is 1. The van der Waals surface area contributed by atoms with Gasteiger partial charge in [-0.15, -0.1) is 0 Å². The predicted molar refractivity (Wildman–Crippen MR) is 110 cm³/mol. The van der Waals surface area contributed by atoms with Crippen LogP contribution >= 0.6 is 17.3 Å². The lowest BCUT2D eigenvalue weighted by molar-refractivity contribution is -0.287. The molecule has 29 heavy (non-hydrogen) atoms. The normalized spacial score (nSPS) is 25.5. The molecule has 0 aromatic heterocycles. The van der Waals surface area contributed by atoms with Gasteiger partial charge in [-0.25, -0.2) is 4.79 Å². The van der Waals surface area contributed by atoms with E-state index >= 15 is 0 Å². The zero-order valence-corrected chi connectivity index (χ0v) is 18.7. The minimum atomic E-state index is -4.97. The van der Waals surface area contributed by atoms with Crippen LogP contribution < -0.4 is 0 Å². The predicted octanol–water partition coefficient (Wildman–Crippen LogP) is 3.56. The summed E-state index contributed by atoms with van der Waals surface area (Å²) in [6, 6.07) is 6.88. The minimum absolute atomic E-state index is 0.106.